The van der Waals surface area contributed by atoms with Gasteiger partial charge in [0.15, 0.2) is 0 Å². The minimum absolute atomic E-state index is 0.0111. The third kappa shape index (κ3) is 6.60. The molecule has 0 spiro atoms. The minimum Gasteiger partial charge on any atom is -0.200 e. The molecule has 0 N–H and O–H groups in total. The SMILES string of the molecule is CCCCCCCCCCCCC(F)(F)C(F)(F)C(F)(F)C(F)(F)C(F)(F)C(F)(F)C(F)(F)C(F)(F)CC. The molecule has 0 fully saturated rings. The lowest BCUT2D eigenvalue weighted by atomic mass is 9.86. The van der Waals surface area contributed by atoms with Crippen LogP contribution in [-0.2, 0) is 0 Å². The van der Waals surface area contributed by atoms with Gasteiger partial charge in [-0.1, -0.05) is 71.6 Å². The van der Waals surface area contributed by atoms with Crippen molar-refractivity contribution < 1.29 is 70.2 Å². The molecule has 0 saturated carbocycles. The van der Waals surface area contributed by atoms with Crippen LogP contribution in [0.1, 0.15) is 90.9 Å². The van der Waals surface area contributed by atoms with E-state index in [-0.39, 0.29) is 19.8 Å². The molecule has 0 bridgehead atoms. The zero-order valence-electron chi connectivity index (χ0n) is 20.5. The molecule has 0 heterocycles. The van der Waals surface area contributed by atoms with E-state index in [1.54, 1.807) is 0 Å². The molecular formula is C22H30F16. The molecule has 0 rings (SSSR count). The molecule has 0 aromatic rings. The Morgan fingerprint density at radius 2 is 0.579 bits per heavy atom. The average molecular weight is 598 g/mol. The van der Waals surface area contributed by atoms with Crippen molar-refractivity contribution >= 4 is 0 Å². The number of unbranched alkanes of at least 4 members (excludes halogenated alkanes) is 9. The lowest BCUT2D eigenvalue weighted by Gasteiger charge is -2.43. The van der Waals surface area contributed by atoms with Crippen LogP contribution in [-0.4, -0.2) is 47.4 Å². The van der Waals surface area contributed by atoms with Crippen molar-refractivity contribution in [2.75, 3.05) is 0 Å². The third-order valence-corrected chi connectivity index (χ3v) is 6.18. The van der Waals surface area contributed by atoms with Gasteiger partial charge in [0, 0.05) is 12.8 Å². The highest BCUT2D eigenvalue weighted by atomic mass is 19.4. The number of hydrogen-bond acceptors (Lipinski definition) is 0. The van der Waals surface area contributed by atoms with E-state index in [1.807, 2.05) is 6.92 Å². The quantitative estimate of drug-likeness (QED) is 0.103. The number of hydrogen-bond donors (Lipinski definition) is 0. The van der Waals surface area contributed by atoms with Gasteiger partial charge in [-0.2, -0.15) is 70.2 Å². The smallest absolute Gasteiger partial charge is 0.200 e. The number of halogens is 16. The minimum atomic E-state index is -8.33. The molecule has 0 aliphatic heterocycles. The lowest BCUT2D eigenvalue weighted by Crippen LogP contribution is -2.74. The second-order valence-corrected chi connectivity index (χ2v) is 9.14. The number of alkyl halides is 16. The highest BCUT2D eigenvalue weighted by Crippen LogP contribution is 2.64. The van der Waals surface area contributed by atoms with Crippen molar-refractivity contribution in [2.24, 2.45) is 0 Å². The maximum Gasteiger partial charge on any atom is 0.384 e. The molecule has 16 heteroatoms. The molecule has 0 radical (unpaired) electrons. The maximum absolute atomic E-state index is 13.9. The first-order chi connectivity index (χ1) is 16.9. The van der Waals surface area contributed by atoms with Gasteiger partial charge in [0.1, 0.15) is 0 Å². The van der Waals surface area contributed by atoms with Crippen LogP contribution in [0.3, 0.4) is 0 Å². The molecule has 0 nitrogen and oxygen atoms in total. The van der Waals surface area contributed by atoms with Gasteiger partial charge >= 0.3 is 47.4 Å². The van der Waals surface area contributed by atoms with E-state index < -0.39 is 66.6 Å². The van der Waals surface area contributed by atoms with Gasteiger partial charge in [-0.15, -0.1) is 0 Å². The van der Waals surface area contributed by atoms with E-state index in [4.69, 9.17) is 0 Å². The molecule has 0 amide bonds. The standard InChI is InChI=1S/C22H30F16/c1-3-5-6-7-8-9-10-11-12-13-14-16(25,26)18(29,30)20(33,34)22(37,38)21(35,36)19(31,32)17(27,28)15(23,24)4-2/h3-14H2,1-2H3. The molecule has 0 aliphatic carbocycles. The first-order valence-corrected chi connectivity index (χ1v) is 11.9. The summed E-state index contributed by atoms with van der Waals surface area (Å²) in [6.45, 7) is 1.99. The van der Waals surface area contributed by atoms with E-state index in [0.717, 1.165) is 32.1 Å². The van der Waals surface area contributed by atoms with Gasteiger partial charge < -0.3 is 0 Å². The van der Waals surface area contributed by atoms with Crippen LogP contribution >= 0.6 is 0 Å². The largest absolute Gasteiger partial charge is 0.384 e. The Morgan fingerprint density at radius 1 is 0.316 bits per heavy atom. The summed E-state index contributed by atoms with van der Waals surface area (Å²) in [5.41, 5.74) is 0. The summed E-state index contributed by atoms with van der Waals surface area (Å²) in [6, 6.07) is 0. The topological polar surface area (TPSA) is 0 Å². The summed E-state index contributed by atoms with van der Waals surface area (Å²) in [4.78, 5) is 0. The second kappa shape index (κ2) is 12.6. The van der Waals surface area contributed by atoms with Gasteiger partial charge in [-0.05, 0) is 6.42 Å². The molecule has 230 valence electrons. The van der Waals surface area contributed by atoms with Gasteiger partial charge in [-0.3, -0.25) is 0 Å². The Bertz CT molecular complexity index is 714. The molecule has 0 saturated heterocycles. The molecule has 0 aromatic heterocycles. The van der Waals surface area contributed by atoms with Crippen LogP contribution in [0.25, 0.3) is 0 Å². The van der Waals surface area contributed by atoms with Gasteiger partial charge in [0.05, 0.1) is 0 Å². The second-order valence-electron chi connectivity index (χ2n) is 9.14. The van der Waals surface area contributed by atoms with Crippen LogP contribution < -0.4 is 0 Å². The summed E-state index contributed by atoms with van der Waals surface area (Å²) < 4.78 is 218. The fourth-order valence-corrected chi connectivity index (χ4v) is 3.46. The zero-order valence-corrected chi connectivity index (χ0v) is 20.5. The molecule has 0 unspecified atom stereocenters. The summed E-state index contributed by atoms with van der Waals surface area (Å²) in [6.07, 6.45) is -0.239. The highest BCUT2D eigenvalue weighted by molar-refractivity contribution is 5.15. The first kappa shape index (κ1) is 36.9. The van der Waals surface area contributed by atoms with Crippen LogP contribution in [0.2, 0.25) is 0 Å². The Labute approximate surface area is 209 Å². The Morgan fingerprint density at radius 3 is 0.895 bits per heavy atom. The van der Waals surface area contributed by atoms with Gasteiger partial charge in [-0.25, -0.2) is 0 Å². The molecule has 0 aliphatic rings. The van der Waals surface area contributed by atoms with E-state index in [1.165, 1.54) is 0 Å². The van der Waals surface area contributed by atoms with Crippen molar-refractivity contribution in [3.05, 3.63) is 0 Å². The monoisotopic (exact) mass is 598 g/mol. The Kier molecular flexibility index (Phi) is 12.2. The van der Waals surface area contributed by atoms with E-state index >= 15 is 0 Å². The normalized spacial score (nSPS) is 15.3. The predicted molar refractivity (Wildman–Crippen MR) is 106 cm³/mol. The van der Waals surface area contributed by atoms with E-state index in [0.29, 0.717) is 12.8 Å². The van der Waals surface area contributed by atoms with Crippen LogP contribution in [0.4, 0.5) is 70.2 Å². The van der Waals surface area contributed by atoms with Crippen LogP contribution in [0.5, 0.6) is 0 Å². The summed E-state index contributed by atoms with van der Waals surface area (Å²) in [5.74, 6) is -60.1. The maximum atomic E-state index is 13.9. The van der Waals surface area contributed by atoms with Gasteiger partial charge in [0.25, 0.3) is 0 Å². The third-order valence-electron chi connectivity index (χ3n) is 6.18. The molecular weight excluding hydrogens is 568 g/mol. The van der Waals surface area contributed by atoms with Crippen molar-refractivity contribution in [1.82, 2.24) is 0 Å². The molecule has 0 aromatic carbocycles. The van der Waals surface area contributed by atoms with Gasteiger partial charge in [0.2, 0.25) is 0 Å². The predicted octanol–water partition coefficient (Wildman–Crippen LogP) is 10.8. The van der Waals surface area contributed by atoms with Crippen LogP contribution in [0, 0.1) is 0 Å². The van der Waals surface area contributed by atoms with E-state index in [9.17, 15) is 70.2 Å². The zero-order chi connectivity index (χ0) is 30.5. The van der Waals surface area contributed by atoms with Crippen molar-refractivity contribution in [1.29, 1.82) is 0 Å². The molecule has 0 atom stereocenters. The van der Waals surface area contributed by atoms with E-state index in [2.05, 4.69) is 0 Å². The van der Waals surface area contributed by atoms with Crippen molar-refractivity contribution in [3.8, 4) is 0 Å². The first-order valence-electron chi connectivity index (χ1n) is 11.9. The Hall–Kier alpha value is -1.12. The van der Waals surface area contributed by atoms with Crippen molar-refractivity contribution in [2.45, 2.75) is 138 Å². The number of rotatable bonds is 19. The fourth-order valence-electron chi connectivity index (χ4n) is 3.46. The van der Waals surface area contributed by atoms with Crippen molar-refractivity contribution in [3.63, 3.8) is 0 Å². The fraction of sp³-hybridized carbons (Fsp3) is 1.00. The lowest BCUT2D eigenvalue weighted by molar-refractivity contribution is -0.453. The average Bonchev–Trinajstić information content (AvgIpc) is 2.79. The Balaban J connectivity index is 5.66. The van der Waals surface area contributed by atoms with Crippen LogP contribution in [0.15, 0.2) is 0 Å². The molecule has 38 heavy (non-hydrogen) atoms. The summed E-state index contributed by atoms with van der Waals surface area (Å²) in [7, 11) is 0. The summed E-state index contributed by atoms with van der Waals surface area (Å²) in [5, 5.41) is 0. The highest BCUT2D eigenvalue weighted by Gasteiger charge is 2.94. The summed E-state index contributed by atoms with van der Waals surface area (Å²) >= 11 is 0.